The quantitative estimate of drug-likeness (QED) is 0.837. The van der Waals surface area contributed by atoms with Crippen LogP contribution in [-0.2, 0) is 11.2 Å². The number of H-pyrrole nitrogens is 1. The number of rotatable bonds is 5. The fraction of sp³-hybridized carbons (Fsp3) is 0.636. The maximum Gasteiger partial charge on any atom is 0.144 e. The van der Waals surface area contributed by atoms with E-state index in [2.05, 4.69) is 32.8 Å². The maximum atomic E-state index is 5.50. The van der Waals surface area contributed by atoms with E-state index < -0.39 is 0 Å². The van der Waals surface area contributed by atoms with Crippen LogP contribution in [0.5, 0.6) is 0 Å². The Morgan fingerprint density at radius 1 is 1.50 bits per heavy atom. The molecule has 0 aliphatic heterocycles. The number of ether oxygens (including phenoxy) is 1. The van der Waals surface area contributed by atoms with E-state index in [1.807, 2.05) is 13.8 Å². The van der Waals surface area contributed by atoms with Crippen LogP contribution in [0.15, 0.2) is 4.47 Å². The van der Waals surface area contributed by atoms with Crippen molar-refractivity contribution in [3.63, 3.8) is 0 Å². The molecule has 16 heavy (non-hydrogen) atoms. The average Bonchev–Trinajstić information content (AvgIpc) is 2.25. The van der Waals surface area contributed by atoms with Crippen molar-refractivity contribution in [1.29, 1.82) is 0 Å². The molecule has 0 aliphatic rings. The molecular formula is C11H17BrN2OS. The van der Waals surface area contributed by atoms with Crippen LogP contribution in [0.3, 0.4) is 0 Å². The molecule has 3 nitrogen and oxygen atoms in total. The summed E-state index contributed by atoms with van der Waals surface area (Å²) in [5, 5.41) is 0. The van der Waals surface area contributed by atoms with Crippen LogP contribution in [0, 0.1) is 4.64 Å². The molecule has 1 aromatic rings. The fourth-order valence-electron chi connectivity index (χ4n) is 1.47. The SMILES string of the molecule is CCCc1[nH]c(C(C)OCC)nc(=S)c1Br. The third-order valence-electron chi connectivity index (χ3n) is 2.26. The second-order valence-electron chi connectivity index (χ2n) is 3.57. The lowest BCUT2D eigenvalue weighted by atomic mass is 10.2. The van der Waals surface area contributed by atoms with Gasteiger partial charge in [-0.05, 0) is 36.2 Å². The summed E-state index contributed by atoms with van der Waals surface area (Å²) in [5.74, 6) is 0.804. The van der Waals surface area contributed by atoms with Crippen molar-refractivity contribution < 1.29 is 4.74 Å². The van der Waals surface area contributed by atoms with E-state index in [0.29, 0.717) is 11.2 Å². The van der Waals surface area contributed by atoms with Crippen molar-refractivity contribution in [1.82, 2.24) is 9.97 Å². The van der Waals surface area contributed by atoms with Crippen LogP contribution in [-0.4, -0.2) is 16.6 Å². The minimum absolute atomic E-state index is 0.0459. The van der Waals surface area contributed by atoms with Gasteiger partial charge < -0.3 is 9.72 Å². The normalized spacial score (nSPS) is 12.8. The van der Waals surface area contributed by atoms with Crippen LogP contribution in [0.25, 0.3) is 0 Å². The number of nitrogens with one attached hydrogen (secondary N) is 1. The van der Waals surface area contributed by atoms with Gasteiger partial charge in [0.1, 0.15) is 16.6 Å². The Morgan fingerprint density at radius 2 is 2.19 bits per heavy atom. The second kappa shape index (κ2) is 6.47. The van der Waals surface area contributed by atoms with Gasteiger partial charge in [-0.2, -0.15) is 0 Å². The van der Waals surface area contributed by atoms with Crippen LogP contribution in [0.4, 0.5) is 0 Å². The first-order chi connectivity index (χ1) is 7.60. The van der Waals surface area contributed by atoms with Gasteiger partial charge in [-0.1, -0.05) is 25.6 Å². The molecule has 0 fully saturated rings. The smallest absolute Gasteiger partial charge is 0.144 e. The average molecular weight is 305 g/mol. The van der Waals surface area contributed by atoms with Crippen LogP contribution < -0.4 is 0 Å². The second-order valence-corrected chi connectivity index (χ2v) is 4.75. The molecule has 0 radical (unpaired) electrons. The Morgan fingerprint density at radius 3 is 2.75 bits per heavy atom. The van der Waals surface area contributed by atoms with Gasteiger partial charge in [0.2, 0.25) is 0 Å². The molecule has 1 unspecified atom stereocenters. The van der Waals surface area contributed by atoms with Crippen LogP contribution in [0.1, 0.15) is 44.8 Å². The molecule has 0 saturated heterocycles. The first-order valence-electron chi connectivity index (χ1n) is 5.50. The van der Waals surface area contributed by atoms with Crippen molar-refractivity contribution in [2.75, 3.05) is 6.61 Å². The molecule has 90 valence electrons. The lowest BCUT2D eigenvalue weighted by molar-refractivity contribution is 0.0697. The molecule has 1 N–H and O–H groups in total. The van der Waals surface area contributed by atoms with Crippen molar-refractivity contribution in [3.05, 3.63) is 20.6 Å². The number of hydrogen-bond acceptors (Lipinski definition) is 3. The number of halogens is 1. The van der Waals surface area contributed by atoms with Gasteiger partial charge in [-0.15, -0.1) is 0 Å². The number of aromatic amines is 1. The highest BCUT2D eigenvalue weighted by molar-refractivity contribution is 9.10. The predicted molar refractivity (Wildman–Crippen MR) is 71.2 cm³/mol. The van der Waals surface area contributed by atoms with E-state index in [-0.39, 0.29) is 6.10 Å². The summed E-state index contributed by atoms with van der Waals surface area (Å²) in [6, 6.07) is 0. The standard InChI is InChI=1S/C11H17BrN2OS/c1-4-6-8-9(12)11(16)14-10(13-8)7(3)15-5-2/h7H,4-6H2,1-3H3,(H,13,14,16). The summed E-state index contributed by atoms with van der Waals surface area (Å²) < 4.78 is 7.00. The highest BCUT2D eigenvalue weighted by Crippen LogP contribution is 2.20. The Bertz CT molecular complexity index is 405. The van der Waals surface area contributed by atoms with Gasteiger partial charge in [0.15, 0.2) is 0 Å². The molecule has 0 saturated carbocycles. The highest BCUT2D eigenvalue weighted by Gasteiger charge is 2.11. The number of aryl methyl sites for hydroxylation is 1. The van der Waals surface area contributed by atoms with Gasteiger partial charge in [0, 0.05) is 12.3 Å². The minimum Gasteiger partial charge on any atom is -0.371 e. The summed E-state index contributed by atoms with van der Waals surface area (Å²) in [7, 11) is 0. The number of aromatic nitrogens is 2. The van der Waals surface area contributed by atoms with Gasteiger partial charge in [-0.25, -0.2) is 4.98 Å². The van der Waals surface area contributed by atoms with Gasteiger partial charge in [-0.3, -0.25) is 0 Å². The molecule has 0 spiro atoms. The summed E-state index contributed by atoms with van der Waals surface area (Å²) in [4.78, 5) is 7.61. The maximum absolute atomic E-state index is 5.50. The number of hydrogen-bond donors (Lipinski definition) is 1. The first kappa shape index (κ1) is 13.8. The Kier molecular flexibility index (Phi) is 5.58. The highest BCUT2D eigenvalue weighted by atomic mass is 79.9. The molecule has 1 heterocycles. The van der Waals surface area contributed by atoms with Gasteiger partial charge in [0.05, 0.1) is 4.47 Å². The van der Waals surface area contributed by atoms with Crippen LogP contribution >= 0.6 is 28.1 Å². The lowest BCUT2D eigenvalue weighted by Crippen LogP contribution is -2.08. The van der Waals surface area contributed by atoms with E-state index in [0.717, 1.165) is 28.8 Å². The topological polar surface area (TPSA) is 37.9 Å². The third kappa shape index (κ3) is 3.37. The molecule has 0 amide bonds. The summed E-state index contributed by atoms with van der Waals surface area (Å²) in [6.07, 6.45) is 1.98. The van der Waals surface area contributed by atoms with Crippen molar-refractivity contribution in [2.24, 2.45) is 0 Å². The Labute approximate surface area is 110 Å². The largest absolute Gasteiger partial charge is 0.371 e. The summed E-state index contributed by atoms with van der Waals surface area (Å²) in [6.45, 7) is 6.75. The molecule has 1 atom stereocenters. The minimum atomic E-state index is -0.0459. The molecule has 0 aliphatic carbocycles. The molecular weight excluding hydrogens is 288 g/mol. The van der Waals surface area contributed by atoms with Crippen molar-refractivity contribution in [2.45, 2.75) is 39.7 Å². The fourth-order valence-corrected chi connectivity index (χ4v) is 2.08. The zero-order valence-electron chi connectivity index (χ0n) is 9.84. The molecule has 1 aromatic heterocycles. The van der Waals surface area contributed by atoms with E-state index in [1.165, 1.54) is 0 Å². The zero-order chi connectivity index (χ0) is 12.1. The van der Waals surface area contributed by atoms with Crippen molar-refractivity contribution in [3.8, 4) is 0 Å². The Balaban J connectivity index is 3.08. The monoisotopic (exact) mass is 304 g/mol. The molecule has 5 heteroatoms. The van der Waals surface area contributed by atoms with E-state index in [4.69, 9.17) is 17.0 Å². The Hall–Kier alpha value is -0.260. The first-order valence-corrected chi connectivity index (χ1v) is 6.70. The van der Waals surface area contributed by atoms with Crippen LogP contribution in [0.2, 0.25) is 0 Å². The lowest BCUT2D eigenvalue weighted by Gasteiger charge is -2.13. The summed E-state index contributed by atoms with van der Waals surface area (Å²) >= 11 is 8.68. The third-order valence-corrected chi connectivity index (χ3v) is 3.67. The molecule has 1 rings (SSSR count). The number of nitrogens with zero attached hydrogens (tertiary/aromatic N) is 1. The molecule has 0 bridgehead atoms. The zero-order valence-corrected chi connectivity index (χ0v) is 12.2. The predicted octanol–water partition coefficient (Wildman–Crippen LogP) is 3.95. The van der Waals surface area contributed by atoms with E-state index in [9.17, 15) is 0 Å². The van der Waals surface area contributed by atoms with E-state index in [1.54, 1.807) is 0 Å². The van der Waals surface area contributed by atoms with Gasteiger partial charge >= 0.3 is 0 Å². The molecule has 0 aromatic carbocycles. The van der Waals surface area contributed by atoms with Gasteiger partial charge in [0.25, 0.3) is 0 Å². The summed E-state index contributed by atoms with van der Waals surface area (Å²) in [5.41, 5.74) is 1.10. The van der Waals surface area contributed by atoms with E-state index >= 15 is 0 Å². The van der Waals surface area contributed by atoms with Crippen molar-refractivity contribution >= 4 is 28.1 Å².